The number of para-hydroxylation sites is 1. The molecule has 0 fully saturated rings. The van der Waals surface area contributed by atoms with Crippen molar-refractivity contribution < 1.29 is 5.11 Å². The summed E-state index contributed by atoms with van der Waals surface area (Å²) in [4.78, 5) is 8.58. The van der Waals surface area contributed by atoms with E-state index in [1.807, 2.05) is 24.3 Å². The summed E-state index contributed by atoms with van der Waals surface area (Å²) >= 11 is 11.9. The highest BCUT2D eigenvalue weighted by Crippen LogP contribution is 2.37. The third-order valence-corrected chi connectivity index (χ3v) is 3.41. The Balaban J connectivity index is 2.30. The molecule has 3 rings (SSSR count). The van der Waals surface area contributed by atoms with Crippen molar-refractivity contribution in [2.24, 2.45) is 0 Å². The number of hydrogen-bond acceptors (Lipinski definition) is 4. The quantitative estimate of drug-likeness (QED) is 0.715. The highest BCUT2D eigenvalue weighted by molar-refractivity contribution is 6.36. The van der Waals surface area contributed by atoms with Gasteiger partial charge in [0.15, 0.2) is 5.82 Å². The van der Waals surface area contributed by atoms with Gasteiger partial charge in [0, 0.05) is 10.4 Å². The van der Waals surface area contributed by atoms with E-state index >= 15 is 0 Å². The monoisotopic (exact) mass is 305 g/mol. The Morgan fingerprint density at radius 2 is 1.80 bits per heavy atom. The second-order valence-electron chi connectivity index (χ2n) is 4.23. The van der Waals surface area contributed by atoms with Crippen LogP contribution in [0.1, 0.15) is 0 Å². The van der Waals surface area contributed by atoms with E-state index in [1.165, 1.54) is 6.07 Å². The maximum absolute atomic E-state index is 10.0. The lowest BCUT2D eigenvalue weighted by molar-refractivity contribution is 0.477. The molecule has 0 saturated heterocycles. The maximum atomic E-state index is 10.0. The van der Waals surface area contributed by atoms with E-state index in [0.29, 0.717) is 21.9 Å². The number of nitrogens with two attached hydrogens (primary N) is 1. The summed E-state index contributed by atoms with van der Waals surface area (Å²) in [5.74, 6) is 0.495. The van der Waals surface area contributed by atoms with E-state index in [-0.39, 0.29) is 16.6 Å². The lowest BCUT2D eigenvalue weighted by Crippen LogP contribution is -1.98. The molecule has 2 aromatic carbocycles. The molecular weight excluding hydrogens is 297 g/mol. The first-order valence-electron chi connectivity index (χ1n) is 5.77. The van der Waals surface area contributed by atoms with E-state index in [0.717, 1.165) is 5.39 Å². The normalized spacial score (nSPS) is 10.9. The van der Waals surface area contributed by atoms with Gasteiger partial charge in [0.25, 0.3) is 0 Å². The molecule has 3 aromatic rings. The Morgan fingerprint density at radius 3 is 2.60 bits per heavy atom. The van der Waals surface area contributed by atoms with Crippen LogP contribution in [-0.4, -0.2) is 15.1 Å². The molecule has 0 spiro atoms. The van der Waals surface area contributed by atoms with Crippen LogP contribution in [-0.2, 0) is 0 Å². The molecular formula is C14H9Cl2N3O. The molecule has 6 heteroatoms. The Morgan fingerprint density at radius 1 is 1.05 bits per heavy atom. The molecule has 0 bridgehead atoms. The minimum atomic E-state index is -0.120. The van der Waals surface area contributed by atoms with Crippen molar-refractivity contribution >= 4 is 39.9 Å². The number of nitrogens with zero attached hydrogens (tertiary/aromatic N) is 2. The van der Waals surface area contributed by atoms with E-state index in [4.69, 9.17) is 28.9 Å². The lowest BCUT2D eigenvalue weighted by atomic mass is 10.1. The van der Waals surface area contributed by atoms with Crippen molar-refractivity contribution in [1.29, 1.82) is 0 Å². The molecule has 0 radical (unpaired) electrons. The summed E-state index contributed by atoms with van der Waals surface area (Å²) in [7, 11) is 0. The minimum absolute atomic E-state index is 0.120. The van der Waals surface area contributed by atoms with Crippen LogP contribution in [0.4, 0.5) is 5.82 Å². The molecule has 0 aliphatic heterocycles. The molecule has 3 N–H and O–H groups in total. The van der Waals surface area contributed by atoms with Crippen LogP contribution in [0.15, 0.2) is 36.4 Å². The highest BCUT2D eigenvalue weighted by Gasteiger charge is 2.14. The molecule has 100 valence electrons. The van der Waals surface area contributed by atoms with Gasteiger partial charge < -0.3 is 10.8 Å². The summed E-state index contributed by atoms with van der Waals surface area (Å²) in [5, 5.41) is 11.3. The van der Waals surface area contributed by atoms with Gasteiger partial charge in [-0.2, -0.15) is 0 Å². The summed E-state index contributed by atoms with van der Waals surface area (Å²) in [6, 6.07) is 10.4. The minimum Gasteiger partial charge on any atom is -0.506 e. The van der Waals surface area contributed by atoms with Gasteiger partial charge in [0.1, 0.15) is 11.6 Å². The Hall–Kier alpha value is -2.04. The van der Waals surface area contributed by atoms with Gasteiger partial charge in [-0.15, -0.1) is 0 Å². The second kappa shape index (κ2) is 4.81. The first kappa shape index (κ1) is 13.0. The van der Waals surface area contributed by atoms with E-state index in [1.54, 1.807) is 6.07 Å². The van der Waals surface area contributed by atoms with Crippen molar-refractivity contribution in [3.05, 3.63) is 46.4 Å². The van der Waals surface area contributed by atoms with Gasteiger partial charge in [0.05, 0.1) is 16.1 Å². The van der Waals surface area contributed by atoms with Crippen molar-refractivity contribution in [3.63, 3.8) is 0 Å². The number of phenolic OH excluding ortho intramolecular Hbond substituents is 1. The highest BCUT2D eigenvalue weighted by atomic mass is 35.5. The average Bonchev–Trinajstić information content (AvgIpc) is 2.43. The molecule has 0 saturated carbocycles. The SMILES string of the molecule is Nc1nc(-c2cc(Cl)cc(Cl)c2O)nc2ccccc12. The molecule has 0 aliphatic rings. The van der Waals surface area contributed by atoms with Crippen molar-refractivity contribution in [2.75, 3.05) is 5.73 Å². The zero-order chi connectivity index (χ0) is 14.3. The Bertz CT molecular complexity index is 821. The Kier molecular flexibility index (Phi) is 3.12. The number of aromatic nitrogens is 2. The zero-order valence-corrected chi connectivity index (χ0v) is 11.7. The van der Waals surface area contributed by atoms with Crippen molar-refractivity contribution in [2.45, 2.75) is 0 Å². The standard InChI is InChI=1S/C14H9Cl2N3O/c15-7-5-9(12(20)10(16)6-7)14-18-11-4-2-1-3-8(11)13(17)19-14/h1-6,20H,(H2,17,18,19). The fourth-order valence-corrected chi connectivity index (χ4v) is 2.45. The van der Waals surface area contributed by atoms with Crippen molar-refractivity contribution in [1.82, 2.24) is 9.97 Å². The van der Waals surface area contributed by atoms with Crippen LogP contribution in [0.25, 0.3) is 22.3 Å². The summed E-state index contributed by atoms with van der Waals surface area (Å²) in [6.45, 7) is 0. The van der Waals surface area contributed by atoms with Gasteiger partial charge in [0.2, 0.25) is 0 Å². The molecule has 0 atom stereocenters. The van der Waals surface area contributed by atoms with E-state index in [9.17, 15) is 5.11 Å². The predicted octanol–water partition coefficient (Wildman–Crippen LogP) is 3.89. The van der Waals surface area contributed by atoms with Gasteiger partial charge in [-0.05, 0) is 24.3 Å². The van der Waals surface area contributed by atoms with Gasteiger partial charge in [-0.25, -0.2) is 9.97 Å². The van der Waals surface area contributed by atoms with Crippen LogP contribution < -0.4 is 5.73 Å². The first-order chi connectivity index (χ1) is 9.56. The van der Waals surface area contributed by atoms with Crippen LogP contribution in [0, 0.1) is 0 Å². The second-order valence-corrected chi connectivity index (χ2v) is 5.08. The van der Waals surface area contributed by atoms with E-state index < -0.39 is 0 Å². The zero-order valence-electron chi connectivity index (χ0n) is 10.1. The summed E-state index contributed by atoms with van der Waals surface area (Å²) in [6.07, 6.45) is 0. The number of aromatic hydroxyl groups is 1. The number of hydrogen-bond donors (Lipinski definition) is 2. The summed E-state index contributed by atoms with van der Waals surface area (Å²) < 4.78 is 0. The molecule has 0 aliphatic carbocycles. The van der Waals surface area contributed by atoms with Crippen molar-refractivity contribution in [3.8, 4) is 17.1 Å². The predicted molar refractivity (Wildman–Crippen MR) is 81.1 cm³/mol. The van der Waals surface area contributed by atoms with Gasteiger partial charge >= 0.3 is 0 Å². The third kappa shape index (κ3) is 2.13. The number of rotatable bonds is 1. The number of fused-ring (bicyclic) bond motifs is 1. The number of phenols is 1. The molecule has 0 unspecified atom stereocenters. The Labute approximate surface area is 124 Å². The van der Waals surface area contributed by atoms with Crippen LogP contribution in [0.3, 0.4) is 0 Å². The number of benzene rings is 2. The number of halogens is 2. The molecule has 1 heterocycles. The van der Waals surface area contributed by atoms with Crippen LogP contribution in [0.2, 0.25) is 10.0 Å². The molecule has 0 amide bonds. The first-order valence-corrected chi connectivity index (χ1v) is 6.52. The number of nitrogen functional groups attached to an aromatic ring is 1. The molecule has 20 heavy (non-hydrogen) atoms. The smallest absolute Gasteiger partial charge is 0.165 e. The maximum Gasteiger partial charge on any atom is 0.165 e. The molecule has 4 nitrogen and oxygen atoms in total. The molecule has 1 aromatic heterocycles. The average molecular weight is 306 g/mol. The van der Waals surface area contributed by atoms with E-state index in [2.05, 4.69) is 9.97 Å². The van der Waals surface area contributed by atoms with Gasteiger partial charge in [-0.3, -0.25) is 0 Å². The van der Waals surface area contributed by atoms with Gasteiger partial charge in [-0.1, -0.05) is 35.3 Å². The summed E-state index contributed by atoms with van der Waals surface area (Å²) in [5.41, 5.74) is 6.95. The largest absolute Gasteiger partial charge is 0.506 e. The fourth-order valence-electron chi connectivity index (χ4n) is 1.96. The fraction of sp³-hybridized carbons (Fsp3) is 0. The van der Waals surface area contributed by atoms with Crippen LogP contribution in [0.5, 0.6) is 5.75 Å². The lowest BCUT2D eigenvalue weighted by Gasteiger charge is -2.08. The number of anilines is 1. The van der Waals surface area contributed by atoms with Crippen LogP contribution >= 0.6 is 23.2 Å². The third-order valence-electron chi connectivity index (χ3n) is 2.90. The topological polar surface area (TPSA) is 72.0 Å².